The fourth-order valence-electron chi connectivity index (χ4n) is 2.17. The van der Waals surface area contributed by atoms with Crippen LogP contribution in [0.25, 0.3) is 0 Å². The number of carbonyl (C=O) groups excluding carboxylic acids is 3. The third-order valence-electron chi connectivity index (χ3n) is 3.04. The second-order valence-electron chi connectivity index (χ2n) is 5.19. The number of hydrogen-bond acceptors (Lipinski definition) is 10. The summed E-state index contributed by atoms with van der Waals surface area (Å²) >= 11 is 0. The van der Waals surface area contributed by atoms with Gasteiger partial charge in [0.05, 0.1) is 0 Å². The minimum Gasteiger partial charge on any atom is -0.480 e. The molecule has 1 heterocycles. The summed E-state index contributed by atoms with van der Waals surface area (Å²) in [7, 11) is 0. The molecule has 1 rings (SSSR count). The first-order valence-electron chi connectivity index (χ1n) is 7.26. The van der Waals surface area contributed by atoms with Gasteiger partial charge in [0.2, 0.25) is 0 Å². The van der Waals surface area contributed by atoms with Crippen molar-refractivity contribution in [3.63, 3.8) is 0 Å². The van der Waals surface area contributed by atoms with E-state index in [-0.39, 0.29) is 0 Å². The van der Waals surface area contributed by atoms with Crippen LogP contribution in [0.15, 0.2) is 0 Å². The average Bonchev–Trinajstić information content (AvgIpc) is 2.48. The highest BCUT2D eigenvalue weighted by Gasteiger charge is 2.50. The number of esters is 3. The van der Waals surface area contributed by atoms with Crippen LogP contribution in [0, 0.1) is 0 Å². The van der Waals surface area contributed by atoms with Gasteiger partial charge in [-0.05, 0) is 0 Å². The Balaban J connectivity index is 3.02. The quantitative estimate of drug-likeness (QED) is 0.405. The zero-order valence-corrected chi connectivity index (χ0v) is 13.9. The first-order valence-corrected chi connectivity index (χ1v) is 7.26. The molecule has 0 amide bonds. The Morgan fingerprint density at radius 1 is 0.960 bits per heavy atom. The first kappa shape index (κ1) is 20.8. The van der Waals surface area contributed by atoms with E-state index >= 15 is 0 Å². The van der Waals surface area contributed by atoms with Crippen LogP contribution in [0.4, 0.5) is 0 Å². The fraction of sp³-hybridized carbons (Fsp3) is 0.714. The minimum absolute atomic E-state index is 0.399. The van der Waals surface area contributed by atoms with Crippen LogP contribution in [-0.2, 0) is 42.9 Å². The first-order chi connectivity index (χ1) is 11.6. The zero-order valence-electron chi connectivity index (χ0n) is 13.9. The second-order valence-corrected chi connectivity index (χ2v) is 5.19. The van der Waals surface area contributed by atoms with Gasteiger partial charge in [-0.2, -0.15) is 0 Å². The van der Waals surface area contributed by atoms with Gasteiger partial charge in [-0.25, -0.2) is 4.79 Å². The summed E-state index contributed by atoms with van der Waals surface area (Å²) in [4.78, 5) is 44.1. The van der Waals surface area contributed by atoms with Gasteiger partial charge in [0.15, 0.2) is 18.5 Å². The molecule has 0 aromatic rings. The molecule has 0 aromatic heterocycles. The number of carbonyl (C=O) groups is 4. The summed E-state index contributed by atoms with van der Waals surface area (Å²) in [6.07, 6.45) is -7.00. The average molecular weight is 364 g/mol. The van der Waals surface area contributed by atoms with Crippen LogP contribution in [0.3, 0.4) is 0 Å². The van der Waals surface area contributed by atoms with Crippen LogP contribution in [0.5, 0.6) is 0 Å². The molecule has 0 aliphatic carbocycles. The van der Waals surface area contributed by atoms with Gasteiger partial charge in [-0.3, -0.25) is 14.4 Å². The molecule has 25 heavy (non-hydrogen) atoms. The molecule has 0 radical (unpaired) electrons. The standard InChI is InChI=1S/C14H20O11/c1-6(15)21-4-9-12(23-7(2)16)11(20)13(24-8(3)17)14(25-9)22-5-10(18)19/h9,11-14,20H,4-5H2,1-3H3,(H,18,19). The topological polar surface area (TPSA) is 155 Å². The minimum atomic E-state index is -1.60. The maximum absolute atomic E-state index is 11.3. The number of rotatable bonds is 7. The fourth-order valence-corrected chi connectivity index (χ4v) is 2.17. The Morgan fingerprint density at radius 3 is 2.00 bits per heavy atom. The van der Waals surface area contributed by atoms with Crippen LogP contribution in [0.1, 0.15) is 20.8 Å². The molecule has 1 aliphatic rings. The highest BCUT2D eigenvalue weighted by atomic mass is 16.7. The maximum atomic E-state index is 11.3. The van der Waals surface area contributed by atoms with E-state index in [1.807, 2.05) is 0 Å². The summed E-state index contributed by atoms with van der Waals surface area (Å²) in [5, 5.41) is 19.1. The molecule has 1 saturated heterocycles. The Hall–Kier alpha value is -2.24. The lowest BCUT2D eigenvalue weighted by molar-refractivity contribution is -0.305. The molecule has 0 aromatic carbocycles. The highest BCUT2D eigenvalue weighted by Crippen LogP contribution is 2.27. The van der Waals surface area contributed by atoms with Gasteiger partial charge in [0.1, 0.15) is 25.4 Å². The van der Waals surface area contributed by atoms with E-state index in [1.165, 1.54) is 0 Å². The SMILES string of the molecule is CC(=O)OCC1OC(OCC(=O)O)C(OC(C)=O)C(O)C1OC(C)=O. The van der Waals surface area contributed by atoms with Crippen LogP contribution in [0.2, 0.25) is 0 Å². The van der Waals surface area contributed by atoms with Crippen LogP contribution >= 0.6 is 0 Å². The maximum Gasteiger partial charge on any atom is 0.329 e. The molecule has 0 bridgehead atoms. The lowest BCUT2D eigenvalue weighted by Gasteiger charge is -2.42. The van der Waals surface area contributed by atoms with Crippen molar-refractivity contribution < 1.29 is 53.1 Å². The molecular formula is C14H20O11. The zero-order chi connectivity index (χ0) is 19.1. The van der Waals surface area contributed by atoms with E-state index in [9.17, 15) is 24.3 Å². The van der Waals surface area contributed by atoms with Crippen molar-refractivity contribution in [2.75, 3.05) is 13.2 Å². The van der Waals surface area contributed by atoms with Crippen molar-refractivity contribution in [2.24, 2.45) is 0 Å². The lowest BCUT2D eigenvalue weighted by Crippen LogP contribution is -2.61. The second kappa shape index (κ2) is 9.30. The highest BCUT2D eigenvalue weighted by molar-refractivity contribution is 5.68. The monoisotopic (exact) mass is 364 g/mol. The third-order valence-corrected chi connectivity index (χ3v) is 3.04. The molecule has 0 spiro atoms. The van der Waals surface area contributed by atoms with Gasteiger partial charge in [0, 0.05) is 20.8 Å². The van der Waals surface area contributed by atoms with Gasteiger partial charge in [0.25, 0.3) is 0 Å². The van der Waals surface area contributed by atoms with Crippen molar-refractivity contribution >= 4 is 23.9 Å². The molecule has 11 nitrogen and oxygen atoms in total. The molecule has 142 valence electrons. The summed E-state index contributed by atoms with van der Waals surface area (Å²) in [6.45, 7) is 2.09. The lowest BCUT2D eigenvalue weighted by atomic mass is 9.98. The number of carboxylic acids is 1. The Kier molecular flexibility index (Phi) is 7.74. The summed E-state index contributed by atoms with van der Waals surface area (Å²) in [5.41, 5.74) is 0. The molecule has 1 aliphatic heterocycles. The predicted molar refractivity (Wildman–Crippen MR) is 76.0 cm³/mol. The summed E-state index contributed by atoms with van der Waals surface area (Å²) < 4.78 is 25.0. The number of aliphatic carboxylic acids is 1. The van der Waals surface area contributed by atoms with Crippen molar-refractivity contribution in [3.05, 3.63) is 0 Å². The van der Waals surface area contributed by atoms with Gasteiger partial charge in [-0.1, -0.05) is 0 Å². The number of ether oxygens (including phenoxy) is 5. The van der Waals surface area contributed by atoms with Crippen molar-refractivity contribution in [1.82, 2.24) is 0 Å². The van der Waals surface area contributed by atoms with Crippen molar-refractivity contribution in [2.45, 2.75) is 51.5 Å². The molecule has 11 heteroatoms. The van der Waals surface area contributed by atoms with E-state index in [4.69, 9.17) is 28.8 Å². The van der Waals surface area contributed by atoms with Gasteiger partial charge < -0.3 is 33.9 Å². The normalized spacial score (nSPS) is 28.7. The van der Waals surface area contributed by atoms with E-state index < -0.39 is 67.8 Å². The van der Waals surface area contributed by atoms with Gasteiger partial charge >= 0.3 is 23.9 Å². The number of aliphatic hydroxyl groups excluding tert-OH is 1. The smallest absolute Gasteiger partial charge is 0.329 e. The Morgan fingerprint density at radius 2 is 1.52 bits per heavy atom. The van der Waals surface area contributed by atoms with E-state index in [0.29, 0.717) is 0 Å². The molecule has 5 unspecified atom stereocenters. The molecule has 0 saturated carbocycles. The Labute approximate surface area is 142 Å². The van der Waals surface area contributed by atoms with Crippen molar-refractivity contribution in [3.8, 4) is 0 Å². The summed E-state index contributed by atoms with van der Waals surface area (Å²) in [5.74, 6) is -3.52. The number of hydrogen-bond donors (Lipinski definition) is 2. The molecule has 2 N–H and O–H groups in total. The molecule has 5 atom stereocenters. The predicted octanol–water partition coefficient (Wildman–Crippen LogP) is -1.40. The summed E-state index contributed by atoms with van der Waals surface area (Å²) in [6, 6.07) is 0. The van der Waals surface area contributed by atoms with E-state index in [0.717, 1.165) is 20.8 Å². The Bertz CT molecular complexity index is 469. The van der Waals surface area contributed by atoms with Crippen LogP contribution in [-0.4, -0.2) is 78.0 Å². The number of aliphatic hydroxyl groups is 1. The largest absolute Gasteiger partial charge is 0.480 e. The van der Waals surface area contributed by atoms with Crippen LogP contribution < -0.4 is 0 Å². The van der Waals surface area contributed by atoms with E-state index in [1.54, 1.807) is 0 Å². The number of carboxylic acid groups (broad SMARTS) is 1. The van der Waals surface area contributed by atoms with Crippen molar-refractivity contribution in [1.29, 1.82) is 0 Å². The third kappa shape index (κ3) is 6.64. The van der Waals surface area contributed by atoms with Gasteiger partial charge in [-0.15, -0.1) is 0 Å². The molecule has 1 fully saturated rings. The molecular weight excluding hydrogens is 344 g/mol. The van der Waals surface area contributed by atoms with E-state index in [2.05, 4.69) is 0 Å².